The molecule has 178 valence electrons. The van der Waals surface area contributed by atoms with Crippen molar-refractivity contribution in [3.63, 3.8) is 0 Å². The number of rotatable bonds is 5. The van der Waals surface area contributed by atoms with Crippen LogP contribution in [0, 0.1) is 0 Å². The molecular weight excluding hydrogens is 476 g/mol. The fraction of sp³-hybridized carbons (Fsp3) is 0.273. The minimum Gasteiger partial charge on any atom is -0.384 e. The molecule has 0 saturated carbocycles. The third-order valence-corrected chi connectivity index (χ3v) is 6.94. The Morgan fingerprint density at radius 2 is 1.86 bits per heavy atom. The lowest BCUT2D eigenvalue weighted by atomic mass is 9.76. The highest BCUT2D eigenvalue weighted by atomic mass is 35.5. The predicted molar refractivity (Wildman–Crippen MR) is 133 cm³/mol. The van der Waals surface area contributed by atoms with Crippen molar-refractivity contribution in [3.05, 3.63) is 57.6 Å². The van der Waals surface area contributed by atoms with Crippen molar-refractivity contribution in [3.8, 4) is 0 Å². The number of fused-ring (bicyclic) bond motifs is 1. The van der Waals surface area contributed by atoms with Gasteiger partial charge in [0.25, 0.3) is 11.8 Å². The quantitative estimate of drug-likeness (QED) is 0.394. The summed E-state index contributed by atoms with van der Waals surface area (Å²) >= 11 is 5.77. The Bertz CT molecular complexity index is 1260. The van der Waals surface area contributed by atoms with Crippen molar-refractivity contribution >= 4 is 69.8 Å². The van der Waals surface area contributed by atoms with E-state index in [2.05, 4.69) is 5.32 Å². The van der Waals surface area contributed by atoms with Crippen LogP contribution < -0.4 is 16.2 Å². The molecule has 2 aliphatic rings. The second kappa shape index (κ2) is 9.15. The summed E-state index contributed by atoms with van der Waals surface area (Å²) in [5.74, 6) is -6.29. The Morgan fingerprint density at radius 3 is 2.49 bits per heavy atom. The number of carbonyl (C=O) groups excluding carboxylic acids is 4. The summed E-state index contributed by atoms with van der Waals surface area (Å²) < 4.78 is 29.8. The Balaban J connectivity index is 1.57. The molecule has 0 spiro atoms. The van der Waals surface area contributed by atoms with Crippen molar-refractivity contribution in [2.45, 2.75) is 37.9 Å². The maximum atomic E-state index is 14.9. The molecule has 0 aromatic heterocycles. The second-order valence-corrected chi connectivity index (χ2v) is 9.40. The number of hydrogen-bond donors (Lipinski definition) is 1. The third-order valence-electron chi connectivity index (χ3n) is 6.69. The zero-order chi connectivity index (χ0) is 25.7. The summed E-state index contributed by atoms with van der Waals surface area (Å²) in [6.07, 6.45) is 0.390. The van der Waals surface area contributed by atoms with Gasteiger partial charge in [0.05, 0.1) is 0 Å². The van der Waals surface area contributed by atoms with E-state index < -0.39 is 29.3 Å². The van der Waals surface area contributed by atoms with Crippen LogP contribution in [0.5, 0.6) is 0 Å². The number of imide groups is 1. The Labute approximate surface area is 208 Å². The number of amides is 4. The van der Waals surface area contributed by atoms with Crippen LogP contribution in [-0.2, 0) is 33.4 Å². The van der Waals surface area contributed by atoms with Crippen LogP contribution in [-0.4, -0.2) is 63.1 Å². The van der Waals surface area contributed by atoms with E-state index in [1.165, 1.54) is 25.0 Å². The summed E-state index contributed by atoms with van der Waals surface area (Å²) in [6.45, 7) is 0.0811. The lowest BCUT2D eigenvalue weighted by Crippen LogP contribution is -2.52. The number of benzene rings is 2. The van der Waals surface area contributed by atoms with Gasteiger partial charge in [0.2, 0.25) is 19.8 Å². The number of carbonyl (C=O) groups is 4. The summed E-state index contributed by atoms with van der Waals surface area (Å²) in [5.41, 5.74) is 2.71. The molecule has 2 aromatic carbocycles. The first-order valence-corrected chi connectivity index (χ1v) is 11.5. The molecule has 0 bridgehead atoms. The first-order chi connectivity index (χ1) is 16.4. The highest BCUT2D eigenvalue weighted by Gasteiger charge is 2.43. The molecule has 1 saturated heterocycles. The van der Waals surface area contributed by atoms with Gasteiger partial charge in [-0.05, 0) is 29.7 Å². The maximum absolute atomic E-state index is 14.9. The van der Waals surface area contributed by atoms with E-state index in [9.17, 15) is 28.0 Å². The van der Waals surface area contributed by atoms with Crippen LogP contribution in [0.1, 0.15) is 39.9 Å². The minimum atomic E-state index is -3.74. The molecule has 13 heteroatoms. The molecule has 2 aromatic rings. The highest BCUT2D eigenvalue weighted by Crippen LogP contribution is 2.31. The molecule has 4 amide bonds. The van der Waals surface area contributed by atoms with Gasteiger partial charge in [-0.2, -0.15) is 8.78 Å². The van der Waals surface area contributed by atoms with Gasteiger partial charge in [-0.15, -0.1) is 0 Å². The zero-order valence-corrected chi connectivity index (χ0v) is 20.2. The van der Waals surface area contributed by atoms with Crippen LogP contribution in [0.3, 0.4) is 0 Å². The largest absolute Gasteiger partial charge is 0.384 e. The first kappa shape index (κ1) is 25.0. The highest BCUT2D eigenvalue weighted by molar-refractivity contribution is 6.41. The van der Waals surface area contributed by atoms with Crippen molar-refractivity contribution in [2.75, 3.05) is 0 Å². The van der Waals surface area contributed by atoms with E-state index in [1.54, 1.807) is 21.8 Å². The van der Waals surface area contributed by atoms with Crippen molar-refractivity contribution < 1.29 is 28.0 Å². The normalized spacial score (nSPS) is 17.9. The molecule has 1 fully saturated rings. The Morgan fingerprint density at radius 1 is 1.20 bits per heavy atom. The first-order valence-electron chi connectivity index (χ1n) is 11.1. The fourth-order valence-electron chi connectivity index (χ4n) is 4.67. The lowest BCUT2D eigenvalue weighted by Gasteiger charge is -2.29. The van der Waals surface area contributed by atoms with Gasteiger partial charge in [-0.25, -0.2) is 0 Å². The summed E-state index contributed by atoms with van der Waals surface area (Å²) in [7, 11) is 4.83. The number of nitrogens with one attached hydrogen (secondary N) is 1. The minimum absolute atomic E-state index is 0.0838. The summed E-state index contributed by atoms with van der Waals surface area (Å²) in [6, 6.07) is 5.76. The third kappa shape index (κ3) is 4.47. The van der Waals surface area contributed by atoms with E-state index in [-0.39, 0.29) is 42.8 Å². The molecule has 1 N–H and O–H groups in total. The van der Waals surface area contributed by atoms with E-state index >= 15 is 0 Å². The van der Waals surface area contributed by atoms with Gasteiger partial charge in [-0.3, -0.25) is 24.5 Å². The van der Waals surface area contributed by atoms with E-state index in [4.69, 9.17) is 11.6 Å². The number of piperidine rings is 1. The molecule has 7 nitrogen and oxygen atoms in total. The molecule has 0 aliphatic carbocycles. The Hall–Kier alpha value is -3.14. The van der Waals surface area contributed by atoms with E-state index in [0.29, 0.717) is 27.6 Å². The van der Waals surface area contributed by atoms with Crippen molar-refractivity contribution in [2.24, 2.45) is 0 Å². The molecule has 1 unspecified atom stereocenters. The molecule has 2 aliphatic heterocycles. The maximum Gasteiger partial charge on any atom is 0.348 e. The zero-order valence-electron chi connectivity index (χ0n) is 19.5. The van der Waals surface area contributed by atoms with Gasteiger partial charge >= 0.3 is 5.92 Å². The standard InChI is InChI=1S/C22H21B3ClF2N3O4/c23-15-7-12-13(8-30(20(12)34)16-5-6-17(32)29-19(16)33)18(24)14(15)9-31(25)21(35)22(27,28)10-1-3-11(26)4-2-10/h1-4,7,16H,5-6,8-9,23-25H2,(H,29,32,33). The van der Waals surface area contributed by atoms with Crippen molar-refractivity contribution in [1.29, 1.82) is 0 Å². The van der Waals surface area contributed by atoms with E-state index in [1.807, 2.05) is 0 Å². The summed E-state index contributed by atoms with van der Waals surface area (Å²) in [4.78, 5) is 52.0. The van der Waals surface area contributed by atoms with Gasteiger partial charge in [0.1, 0.15) is 21.7 Å². The lowest BCUT2D eigenvalue weighted by molar-refractivity contribution is -0.154. The van der Waals surface area contributed by atoms with Crippen LogP contribution >= 0.6 is 11.6 Å². The molecule has 0 radical (unpaired) electrons. The smallest absolute Gasteiger partial charge is 0.348 e. The number of hydrogen-bond acceptors (Lipinski definition) is 4. The molecule has 35 heavy (non-hydrogen) atoms. The van der Waals surface area contributed by atoms with Gasteiger partial charge in [-0.1, -0.05) is 40.7 Å². The van der Waals surface area contributed by atoms with Crippen LogP contribution in [0.15, 0.2) is 30.3 Å². The van der Waals surface area contributed by atoms with Gasteiger partial charge < -0.3 is 9.71 Å². The topological polar surface area (TPSA) is 86.8 Å². The molecular formula is C22H21B3ClF2N3O4. The average molecular weight is 497 g/mol. The number of alkyl halides is 2. The fourth-order valence-corrected chi connectivity index (χ4v) is 4.79. The average Bonchev–Trinajstić information content (AvgIpc) is 3.12. The van der Waals surface area contributed by atoms with E-state index in [0.717, 1.165) is 16.9 Å². The van der Waals surface area contributed by atoms with Gasteiger partial charge in [0.15, 0.2) is 0 Å². The number of nitrogens with zero attached hydrogens (tertiary/aromatic N) is 2. The Kier molecular flexibility index (Phi) is 6.53. The summed E-state index contributed by atoms with van der Waals surface area (Å²) in [5, 5.41) is 2.55. The van der Waals surface area contributed by atoms with Crippen LogP contribution in [0.25, 0.3) is 0 Å². The van der Waals surface area contributed by atoms with Crippen molar-refractivity contribution in [1.82, 2.24) is 15.0 Å². The second-order valence-electron chi connectivity index (χ2n) is 8.97. The molecule has 4 rings (SSSR count). The monoisotopic (exact) mass is 497 g/mol. The molecule has 1 atom stereocenters. The van der Waals surface area contributed by atoms with Crippen LogP contribution in [0.2, 0.25) is 5.02 Å². The van der Waals surface area contributed by atoms with Crippen LogP contribution in [0.4, 0.5) is 8.78 Å². The predicted octanol–water partition coefficient (Wildman–Crippen LogP) is -1.71. The SMILES string of the molecule is Bc1cc2c(c(B)c1CN(B)C(=O)C(F)(F)c1ccc(Cl)cc1)CN(C1CCC(=O)NC1=O)C2=O. The number of halogens is 3. The van der Waals surface area contributed by atoms with Gasteiger partial charge in [0, 0.05) is 35.7 Å². The molecule has 2 heterocycles.